The number of esters is 1. The van der Waals surface area contributed by atoms with Crippen molar-refractivity contribution in [3.63, 3.8) is 0 Å². The minimum Gasteiger partial charge on any atom is -0.424 e. The normalized spacial score (nSPS) is 23.5. The number of nitrogens with one attached hydrogen (secondary N) is 1. The summed E-state index contributed by atoms with van der Waals surface area (Å²) in [4.78, 5) is 40.1. The smallest absolute Gasteiger partial charge is 0.416 e. The topological polar surface area (TPSA) is 120 Å². The van der Waals surface area contributed by atoms with Gasteiger partial charge in [-0.15, -0.1) is 0 Å². The number of piperidine rings is 1. The first-order chi connectivity index (χ1) is 22.3. The zero-order valence-corrected chi connectivity index (χ0v) is 26.9. The Morgan fingerprint density at radius 3 is 2.04 bits per heavy atom. The molecule has 2 heterocycles. The number of benzene rings is 2. The van der Waals surface area contributed by atoms with Gasteiger partial charge < -0.3 is 25.3 Å². The molecule has 2 aliphatic heterocycles. The first-order valence-corrected chi connectivity index (χ1v) is 15.5. The predicted octanol–water partition coefficient (Wildman–Crippen LogP) is 6.45. The van der Waals surface area contributed by atoms with E-state index in [1.54, 1.807) is 44.2 Å². The van der Waals surface area contributed by atoms with Crippen LogP contribution in [0.4, 0.5) is 31.1 Å². The van der Waals surface area contributed by atoms with Crippen LogP contribution in [-0.2, 0) is 41.7 Å². The third-order valence-electron chi connectivity index (χ3n) is 8.95. The molecule has 2 amide bonds. The zero-order chi connectivity index (χ0) is 35.7. The summed E-state index contributed by atoms with van der Waals surface area (Å²) in [6, 6.07) is 8.80. The maximum absolute atomic E-state index is 14.0. The molecule has 5 atom stereocenters. The van der Waals surface area contributed by atoms with Crippen LogP contribution in [0.15, 0.2) is 48.5 Å². The first-order valence-electron chi connectivity index (χ1n) is 15.5. The van der Waals surface area contributed by atoms with E-state index in [-0.39, 0.29) is 49.4 Å². The van der Waals surface area contributed by atoms with Crippen LogP contribution in [0.2, 0.25) is 0 Å². The summed E-state index contributed by atoms with van der Waals surface area (Å²) in [5.74, 6) is -1.27. The van der Waals surface area contributed by atoms with Crippen LogP contribution in [0.1, 0.15) is 81.7 Å². The molecule has 2 aromatic rings. The fourth-order valence-electron chi connectivity index (χ4n) is 6.03. The molecule has 2 fully saturated rings. The van der Waals surface area contributed by atoms with Gasteiger partial charge in [0, 0.05) is 19.9 Å². The van der Waals surface area contributed by atoms with Crippen molar-refractivity contribution in [3.8, 4) is 0 Å². The van der Waals surface area contributed by atoms with Crippen molar-refractivity contribution < 1.29 is 54.9 Å². The fourth-order valence-corrected chi connectivity index (χ4v) is 6.03. The quantitative estimate of drug-likeness (QED) is 0.177. The second kappa shape index (κ2) is 13.9. The van der Waals surface area contributed by atoms with Gasteiger partial charge in [0.2, 0.25) is 12.2 Å². The molecule has 2 saturated heterocycles. The zero-order valence-electron chi connectivity index (χ0n) is 26.9. The second-order valence-electron chi connectivity index (χ2n) is 12.8. The van der Waals surface area contributed by atoms with Crippen LogP contribution in [0.5, 0.6) is 0 Å². The number of rotatable bonds is 9. The van der Waals surface area contributed by atoms with Crippen LogP contribution in [0.25, 0.3) is 0 Å². The highest BCUT2D eigenvalue weighted by molar-refractivity contribution is 5.80. The highest BCUT2D eigenvalue weighted by Crippen LogP contribution is 2.46. The lowest BCUT2D eigenvalue weighted by molar-refractivity contribution is -0.171. The molecule has 9 nitrogen and oxygen atoms in total. The Bertz CT molecular complexity index is 1450. The van der Waals surface area contributed by atoms with Gasteiger partial charge in [0.25, 0.3) is 0 Å². The summed E-state index contributed by atoms with van der Waals surface area (Å²) in [5.41, 5.74) is 0.880. The Balaban J connectivity index is 1.70. The van der Waals surface area contributed by atoms with Crippen molar-refractivity contribution in [1.82, 2.24) is 10.2 Å². The fraction of sp³-hybridized carbons (Fsp3) is 0.545. The number of carbonyl (C=O) groups is 3. The van der Waals surface area contributed by atoms with Crippen molar-refractivity contribution in [2.24, 2.45) is 11.7 Å². The van der Waals surface area contributed by atoms with Gasteiger partial charge in [0.1, 0.15) is 6.04 Å². The van der Waals surface area contributed by atoms with Crippen molar-refractivity contribution >= 4 is 18.0 Å². The van der Waals surface area contributed by atoms with E-state index < -0.39 is 65.1 Å². The molecule has 0 aliphatic carbocycles. The highest BCUT2D eigenvalue weighted by Gasteiger charge is 2.54. The summed E-state index contributed by atoms with van der Waals surface area (Å²) < 4.78 is 98.5. The Hall–Kier alpha value is -3.85. The van der Waals surface area contributed by atoms with Gasteiger partial charge in [0.05, 0.1) is 34.9 Å². The third-order valence-corrected chi connectivity index (χ3v) is 8.95. The molecule has 48 heavy (non-hydrogen) atoms. The van der Waals surface area contributed by atoms with E-state index in [0.29, 0.717) is 30.5 Å². The number of carbonyl (C=O) groups excluding carboxylic acids is 3. The molecule has 2 aromatic carbocycles. The standard InChI is InChI=1S/C33H39F6N3O6/c1-19(2)27(40)28(44)47-21(4)48-29(45)42-17-30(11-10-26(43)41-30)12-13-31(42,23-8-6-5-7-9-23)18-46-20(3)22-14-24(32(34,35)36)16-25(15-22)33(37,38)39/h5-9,14-16,19-21,27H,10-13,17-18,40H2,1-4H3,(H,41,43)/t20-,21?,27-,30-,31-/m1/s1. The monoisotopic (exact) mass is 687 g/mol. The average molecular weight is 688 g/mol. The van der Waals surface area contributed by atoms with Gasteiger partial charge in [-0.05, 0) is 61.4 Å². The van der Waals surface area contributed by atoms with Crippen LogP contribution in [0, 0.1) is 5.92 Å². The van der Waals surface area contributed by atoms with Crippen molar-refractivity contribution in [1.29, 1.82) is 0 Å². The summed E-state index contributed by atoms with van der Waals surface area (Å²) in [6.45, 7) is 5.63. The lowest BCUT2D eigenvalue weighted by atomic mass is 9.74. The number of nitrogens with two attached hydrogens (primary N) is 1. The van der Waals surface area contributed by atoms with Gasteiger partial charge in [-0.1, -0.05) is 44.2 Å². The highest BCUT2D eigenvalue weighted by atomic mass is 19.4. The van der Waals surface area contributed by atoms with Crippen LogP contribution in [0.3, 0.4) is 0 Å². The van der Waals surface area contributed by atoms with Crippen LogP contribution in [-0.4, -0.2) is 53.9 Å². The number of halogens is 6. The summed E-state index contributed by atoms with van der Waals surface area (Å²) in [7, 11) is 0. The van der Waals surface area contributed by atoms with Crippen molar-refractivity contribution in [3.05, 3.63) is 70.8 Å². The van der Waals surface area contributed by atoms with E-state index in [1.165, 1.54) is 18.7 Å². The number of likely N-dealkylation sites (tertiary alicyclic amines) is 1. The summed E-state index contributed by atoms with van der Waals surface area (Å²) in [5, 5.41) is 2.94. The lowest BCUT2D eigenvalue weighted by Gasteiger charge is -2.52. The lowest BCUT2D eigenvalue weighted by Crippen LogP contribution is -2.65. The molecule has 0 aromatic heterocycles. The molecule has 2 aliphatic rings. The molecule has 4 rings (SSSR count). The predicted molar refractivity (Wildman–Crippen MR) is 160 cm³/mol. The molecular formula is C33H39F6N3O6. The molecular weight excluding hydrogens is 648 g/mol. The van der Waals surface area contributed by atoms with Gasteiger partial charge in [0.15, 0.2) is 0 Å². The van der Waals surface area contributed by atoms with Gasteiger partial charge in [-0.2, -0.15) is 26.3 Å². The van der Waals surface area contributed by atoms with Crippen LogP contribution < -0.4 is 11.1 Å². The maximum Gasteiger partial charge on any atom is 0.416 e. The van der Waals surface area contributed by atoms with E-state index >= 15 is 0 Å². The SMILES string of the molecule is CC(OC(=O)[C@H](N)C(C)C)OC(=O)N1C[C@@]2(CCC(=O)N2)CC[C@@]1(CO[C@H](C)c1cc(C(F)(F)F)cc(C(F)(F)F)c1)c1ccccc1. The molecule has 15 heteroatoms. The Labute approximate surface area is 274 Å². The van der Waals surface area contributed by atoms with E-state index in [2.05, 4.69) is 5.32 Å². The van der Waals surface area contributed by atoms with E-state index in [9.17, 15) is 40.7 Å². The largest absolute Gasteiger partial charge is 0.424 e. The molecule has 0 radical (unpaired) electrons. The van der Waals surface area contributed by atoms with E-state index in [0.717, 1.165) is 0 Å². The second-order valence-corrected chi connectivity index (χ2v) is 12.8. The van der Waals surface area contributed by atoms with Crippen LogP contribution >= 0.6 is 0 Å². The average Bonchev–Trinajstić information content (AvgIpc) is 3.38. The van der Waals surface area contributed by atoms with E-state index in [4.69, 9.17) is 19.9 Å². The first kappa shape index (κ1) is 37.0. The minimum absolute atomic E-state index is 0.0396. The maximum atomic E-state index is 14.0. The third kappa shape index (κ3) is 8.23. The number of ether oxygens (including phenoxy) is 3. The number of nitrogens with zero attached hydrogens (tertiary/aromatic N) is 1. The molecule has 0 saturated carbocycles. The summed E-state index contributed by atoms with van der Waals surface area (Å²) in [6.07, 6.45) is -12.6. The minimum atomic E-state index is -5.05. The number of alkyl halides is 6. The number of hydrogen-bond donors (Lipinski definition) is 2. The Kier molecular flexibility index (Phi) is 10.7. The molecule has 1 unspecified atom stereocenters. The molecule has 0 bridgehead atoms. The Morgan fingerprint density at radius 1 is 0.917 bits per heavy atom. The van der Waals surface area contributed by atoms with E-state index in [1.807, 2.05) is 0 Å². The molecule has 1 spiro atoms. The molecule has 3 N–H and O–H groups in total. The van der Waals surface area contributed by atoms with Crippen molar-refractivity contribution in [2.45, 2.75) is 95.2 Å². The number of hydrogen-bond acceptors (Lipinski definition) is 7. The van der Waals surface area contributed by atoms with Gasteiger partial charge in [-0.25, -0.2) is 4.79 Å². The van der Waals surface area contributed by atoms with Crippen molar-refractivity contribution in [2.75, 3.05) is 13.2 Å². The van der Waals surface area contributed by atoms with Gasteiger partial charge in [-0.3, -0.25) is 14.5 Å². The summed E-state index contributed by atoms with van der Waals surface area (Å²) >= 11 is 0. The Morgan fingerprint density at radius 2 is 1.52 bits per heavy atom. The van der Waals surface area contributed by atoms with Gasteiger partial charge >= 0.3 is 24.4 Å². The molecule has 264 valence electrons. The number of amides is 2.